The van der Waals surface area contributed by atoms with Gasteiger partial charge in [-0.2, -0.15) is 0 Å². The summed E-state index contributed by atoms with van der Waals surface area (Å²) in [5.41, 5.74) is 15.9. The zero-order valence-electron chi connectivity index (χ0n) is 16.2. The van der Waals surface area contributed by atoms with Crippen molar-refractivity contribution >= 4 is 44.5 Å². The average Bonchev–Trinajstić information content (AvgIpc) is 3.39. The van der Waals surface area contributed by atoms with E-state index in [2.05, 4.69) is 30.5 Å². The highest BCUT2D eigenvalue weighted by Crippen LogP contribution is 2.30. The molecular weight excluding hydrogens is 444 g/mol. The lowest BCUT2D eigenvalue weighted by Gasteiger charge is -2.10. The van der Waals surface area contributed by atoms with E-state index in [1.165, 1.54) is 6.20 Å². The van der Waals surface area contributed by atoms with Crippen LogP contribution in [0.15, 0.2) is 76.9 Å². The number of halogens is 1. The fourth-order valence-corrected chi connectivity index (χ4v) is 3.95. The number of imidazole rings is 1. The molecule has 0 spiro atoms. The summed E-state index contributed by atoms with van der Waals surface area (Å²) in [5, 5.41) is 1.05. The third kappa shape index (κ3) is 3.42. The number of carbonyl (C=O) groups is 1. The maximum absolute atomic E-state index is 11.4. The molecule has 8 heteroatoms. The monoisotopic (exact) mass is 462 g/mol. The predicted octanol–water partition coefficient (Wildman–Crippen LogP) is 3.68. The van der Waals surface area contributed by atoms with Gasteiger partial charge in [-0.25, -0.2) is 4.98 Å². The van der Waals surface area contributed by atoms with Gasteiger partial charge in [0.1, 0.15) is 0 Å². The van der Waals surface area contributed by atoms with E-state index in [0.29, 0.717) is 5.56 Å². The quantitative estimate of drug-likeness (QED) is 0.441. The van der Waals surface area contributed by atoms with Gasteiger partial charge in [0, 0.05) is 52.9 Å². The second-order valence-electron chi connectivity index (χ2n) is 6.60. The molecule has 0 saturated carbocycles. The minimum Gasteiger partial charge on any atom is -0.404 e. The lowest BCUT2D eigenvalue weighted by molar-refractivity contribution is 0.1000. The fraction of sp³-hybridized carbons (Fsp3) is 0.0455. The molecule has 0 radical (unpaired) electrons. The Kier molecular flexibility index (Phi) is 5.24. The molecule has 0 bridgehead atoms. The van der Waals surface area contributed by atoms with Crippen molar-refractivity contribution in [1.29, 1.82) is 0 Å². The molecule has 4 rings (SSSR count). The molecule has 30 heavy (non-hydrogen) atoms. The third-order valence-electron chi connectivity index (χ3n) is 4.81. The number of nitrogens with two attached hydrogens (primary N) is 2. The Hall–Kier alpha value is -3.65. The Bertz CT molecular complexity index is 1310. The van der Waals surface area contributed by atoms with E-state index in [1.54, 1.807) is 31.7 Å². The first-order valence-electron chi connectivity index (χ1n) is 9.12. The first-order chi connectivity index (χ1) is 14.5. The second-order valence-corrected chi connectivity index (χ2v) is 7.46. The fourth-order valence-electron chi connectivity index (χ4n) is 3.38. The Balaban J connectivity index is 1.80. The van der Waals surface area contributed by atoms with Crippen LogP contribution in [0.4, 0.5) is 0 Å². The van der Waals surface area contributed by atoms with Gasteiger partial charge in [-0.1, -0.05) is 6.07 Å². The minimum atomic E-state index is -0.461. The first kappa shape index (κ1) is 19.7. The zero-order chi connectivity index (χ0) is 21.3. The second kappa shape index (κ2) is 8.00. The number of benzene rings is 2. The third-order valence-corrected chi connectivity index (χ3v) is 5.44. The summed E-state index contributed by atoms with van der Waals surface area (Å²) in [7, 11) is 1.69. The van der Waals surface area contributed by atoms with Crippen LogP contribution in [0.25, 0.3) is 27.9 Å². The number of primary amides is 1. The van der Waals surface area contributed by atoms with Crippen LogP contribution in [-0.2, 0) is 0 Å². The lowest BCUT2D eigenvalue weighted by atomic mass is 10.2. The van der Waals surface area contributed by atoms with Crippen LogP contribution in [0.1, 0.15) is 16.1 Å². The average molecular weight is 463 g/mol. The van der Waals surface area contributed by atoms with Crippen LogP contribution < -0.4 is 11.5 Å². The Morgan fingerprint density at radius 2 is 2.03 bits per heavy atom. The van der Waals surface area contributed by atoms with E-state index in [4.69, 9.17) is 11.5 Å². The standard InChI is InChI=1S/C22H19BrN6O/c1-26-11-15(10-24)18-12-28(13-27-18)19-3-2-4-20-16(19)7-8-29(20)21-6-5-14(22(25)30)9-17(21)23/h2-13H,24H2,1H3,(H2,25,30). The van der Waals surface area contributed by atoms with Gasteiger partial charge in [-0.15, -0.1) is 0 Å². The first-order valence-corrected chi connectivity index (χ1v) is 9.91. The normalized spacial score (nSPS) is 12.1. The number of amides is 1. The lowest BCUT2D eigenvalue weighted by Crippen LogP contribution is -2.11. The summed E-state index contributed by atoms with van der Waals surface area (Å²) >= 11 is 3.55. The van der Waals surface area contributed by atoms with Crippen molar-refractivity contribution in [2.45, 2.75) is 0 Å². The van der Waals surface area contributed by atoms with Crippen LogP contribution in [0, 0.1) is 0 Å². The molecule has 4 N–H and O–H groups in total. The van der Waals surface area contributed by atoms with Crippen LogP contribution in [0.5, 0.6) is 0 Å². The molecule has 2 aromatic carbocycles. The highest BCUT2D eigenvalue weighted by molar-refractivity contribution is 9.10. The summed E-state index contributed by atoms with van der Waals surface area (Å²) in [6.07, 6.45) is 8.84. The summed E-state index contributed by atoms with van der Waals surface area (Å²) in [4.78, 5) is 19.9. The molecule has 7 nitrogen and oxygen atoms in total. The molecule has 0 aliphatic heterocycles. The van der Waals surface area contributed by atoms with Crippen LogP contribution in [0.2, 0.25) is 0 Å². The molecule has 0 aliphatic rings. The van der Waals surface area contributed by atoms with Gasteiger partial charge in [0.2, 0.25) is 5.91 Å². The van der Waals surface area contributed by atoms with E-state index < -0.39 is 5.91 Å². The SMILES string of the molecule is CN=CC(=CN)c1cn(-c2cccc3c2ccn3-c2ccc(C(N)=O)cc2Br)cn1. The molecule has 150 valence electrons. The largest absolute Gasteiger partial charge is 0.404 e. The van der Waals surface area contributed by atoms with Gasteiger partial charge in [0.05, 0.1) is 28.9 Å². The molecule has 0 unspecified atom stereocenters. The van der Waals surface area contributed by atoms with Crippen molar-refractivity contribution in [3.05, 3.63) is 83.1 Å². The smallest absolute Gasteiger partial charge is 0.248 e. The topological polar surface area (TPSA) is 104 Å². The maximum Gasteiger partial charge on any atom is 0.248 e. The number of fused-ring (bicyclic) bond motifs is 1. The van der Waals surface area contributed by atoms with Crippen molar-refractivity contribution < 1.29 is 4.79 Å². The van der Waals surface area contributed by atoms with Crippen molar-refractivity contribution in [3.63, 3.8) is 0 Å². The number of allylic oxidation sites excluding steroid dienone is 1. The number of hydrogen-bond acceptors (Lipinski definition) is 4. The molecule has 0 aliphatic carbocycles. The number of nitrogens with zero attached hydrogens (tertiary/aromatic N) is 4. The molecular formula is C22H19BrN6O. The Morgan fingerprint density at radius 1 is 1.20 bits per heavy atom. The van der Waals surface area contributed by atoms with Gasteiger partial charge < -0.3 is 20.6 Å². The van der Waals surface area contributed by atoms with E-state index in [9.17, 15) is 4.79 Å². The number of hydrogen-bond donors (Lipinski definition) is 2. The molecule has 0 saturated heterocycles. The van der Waals surface area contributed by atoms with Crippen molar-refractivity contribution in [3.8, 4) is 11.4 Å². The highest BCUT2D eigenvalue weighted by Gasteiger charge is 2.13. The van der Waals surface area contributed by atoms with Gasteiger partial charge >= 0.3 is 0 Å². The van der Waals surface area contributed by atoms with E-state index in [0.717, 1.165) is 38.0 Å². The predicted molar refractivity (Wildman–Crippen MR) is 123 cm³/mol. The van der Waals surface area contributed by atoms with E-state index >= 15 is 0 Å². The van der Waals surface area contributed by atoms with Crippen LogP contribution in [0.3, 0.4) is 0 Å². The van der Waals surface area contributed by atoms with Crippen molar-refractivity contribution in [2.24, 2.45) is 16.5 Å². The van der Waals surface area contributed by atoms with Gasteiger partial charge in [-0.3, -0.25) is 9.79 Å². The number of aliphatic imine (C=N–C) groups is 1. The number of aromatic nitrogens is 3. The van der Waals surface area contributed by atoms with Gasteiger partial charge in [0.15, 0.2) is 0 Å². The Labute approximate surface area is 181 Å². The molecule has 4 aromatic rings. The minimum absolute atomic E-state index is 0.452. The molecule has 2 heterocycles. The maximum atomic E-state index is 11.4. The number of carbonyl (C=O) groups excluding carboxylic acids is 1. The van der Waals surface area contributed by atoms with Crippen LogP contribution >= 0.6 is 15.9 Å². The zero-order valence-corrected chi connectivity index (χ0v) is 17.7. The summed E-state index contributed by atoms with van der Waals surface area (Å²) in [5.74, 6) is -0.461. The molecule has 1 amide bonds. The highest BCUT2D eigenvalue weighted by atomic mass is 79.9. The van der Waals surface area contributed by atoms with Crippen molar-refractivity contribution in [2.75, 3.05) is 7.05 Å². The molecule has 2 aromatic heterocycles. The summed E-state index contributed by atoms with van der Waals surface area (Å²) in [6, 6.07) is 13.4. The molecule has 0 atom stereocenters. The Morgan fingerprint density at radius 3 is 2.73 bits per heavy atom. The van der Waals surface area contributed by atoms with Gasteiger partial charge in [-0.05, 0) is 52.3 Å². The summed E-state index contributed by atoms with van der Waals surface area (Å²) < 4.78 is 4.80. The van der Waals surface area contributed by atoms with Crippen molar-refractivity contribution in [1.82, 2.24) is 14.1 Å². The van der Waals surface area contributed by atoms with Gasteiger partial charge in [0.25, 0.3) is 0 Å². The summed E-state index contributed by atoms with van der Waals surface area (Å²) in [6.45, 7) is 0. The molecule has 0 fully saturated rings. The number of rotatable bonds is 5. The van der Waals surface area contributed by atoms with E-state index in [-0.39, 0.29) is 0 Å². The van der Waals surface area contributed by atoms with Crippen LogP contribution in [-0.4, -0.2) is 33.3 Å². The van der Waals surface area contributed by atoms with E-state index in [1.807, 2.05) is 47.3 Å².